The molecular weight excluding hydrogens is 486 g/mol. The van der Waals surface area contributed by atoms with Gasteiger partial charge in [0.25, 0.3) is 0 Å². The van der Waals surface area contributed by atoms with Crippen molar-refractivity contribution in [2.45, 2.75) is 46.8 Å². The van der Waals surface area contributed by atoms with Crippen LogP contribution in [0.3, 0.4) is 0 Å². The molecule has 3 aromatic rings. The Kier molecular flexibility index (Phi) is 8.18. The summed E-state index contributed by atoms with van der Waals surface area (Å²) in [7, 11) is 3.12. The maximum absolute atomic E-state index is 14.4. The SMILES string of the molecule is COc1ccc(N(CCC(C)C)C(=O)N2c3ccccc3N(Cc3ccccc3C)C2C)c(Cl)c1OC. The first-order valence-electron chi connectivity index (χ1n) is 12.7. The Morgan fingerprint density at radius 3 is 2.32 bits per heavy atom. The number of hydrogen-bond acceptors (Lipinski definition) is 4. The molecule has 1 heterocycles. The van der Waals surface area contributed by atoms with Crippen molar-refractivity contribution in [3.05, 3.63) is 76.8 Å². The smallest absolute Gasteiger partial charge is 0.330 e. The molecule has 0 fully saturated rings. The van der Waals surface area contributed by atoms with Crippen LogP contribution in [-0.4, -0.2) is 33.0 Å². The number of methoxy groups -OCH3 is 2. The predicted molar refractivity (Wildman–Crippen MR) is 152 cm³/mol. The van der Waals surface area contributed by atoms with Gasteiger partial charge in [0.15, 0.2) is 11.5 Å². The van der Waals surface area contributed by atoms with Crippen LogP contribution in [0, 0.1) is 12.8 Å². The second-order valence-electron chi connectivity index (χ2n) is 9.80. The maximum atomic E-state index is 14.4. The molecule has 0 saturated carbocycles. The molecule has 0 N–H and O–H groups in total. The summed E-state index contributed by atoms with van der Waals surface area (Å²) in [6.45, 7) is 9.73. The zero-order chi connectivity index (χ0) is 26.7. The number of carbonyl (C=O) groups is 1. The third-order valence-electron chi connectivity index (χ3n) is 7.00. The van der Waals surface area contributed by atoms with E-state index in [1.54, 1.807) is 25.2 Å². The molecule has 1 aliphatic rings. The topological polar surface area (TPSA) is 45.2 Å². The number of hydrogen-bond donors (Lipinski definition) is 0. The lowest BCUT2D eigenvalue weighted by Gasteiger charge is -2.34. The van der Waals surface area contributed by atoms with Crippen LogP contribution in [0.4, 0.5) is 21.9 Å². The van der Waals surface area contributed by atoms with Crippen LogP contribution in [0.2, 0.25) is 5.02 Å². The van der Waals surface area contributed by atoms with Gasteiger partial charge in [0.2, 0.25) is 0 Å². The van der Waals surface area contributed by atoms with Gasteiger partial charge in [-0.25, -0.2) is 4.79 Å². The molecule has 2 amide bonds. The van der Waals surface area contributed by atoms with Crippen LogP contribution >= 0.6 is 11.6 Å². The van der Waals surface area contributed by atoms with Crippen molar-refractivity contribution >= 4 is 34.7 Å². The molecule has 4 rings (SSSR count). The Balaban J connectivity index is 1.75. The summed E-state index contributed by atoms with van der Waals surface area (Å²) < 4.78 is 11.0. The number of ether oxygens (including phenoxy) is 2. The molecule has 37 heavy (non-hydrogen) atoms. The summed E-state index contributed by atoms with van der Waals surface area (Å²) in [5, 5.41) is 0.357. The second kappa shape index (κ2) is 11.3. The van der Waals surface area contributed by atoms with Crippen LogP contribution in [0.1, 0.15) is 38.3 Å². The van der Waals surface area contributed by atoms with E-state index in [2.05, 4.69) is 62.9 Å². The highest BCUT2D eigenvalue weighted by Crippen LogP contribution is 2.45. The maximum Gasteiger partial charge on any atom is 0.330 e. The molecule has 0 aliphatic carbocycles. The second-order valence-corrected chi connectivity index (χ2v) is 10.2. The molecule has 196 valence electrons. The first-order chi connectivity index (χ1) is 17.8. The van der Waals surface area contributed by atoms with Gasteiger partial charge >= 0.3 is 6.03 Å². The third-order valence-corrected chi connectivity index (χ3v) is 7.37. The third kappa shape index (κ3) is 5.21. The molecule has 0 saturated heterocycles. The minimum absolute atomic E-state index is 0.123. The number of amides is 2. The van der Waals surface area contributed by atoms with E-state index < -0.39 is 0 Å². The normalized spacial score (nSPS) is 14.6. The van der Waals surface area contributed by atoms with Gasteiger partial charge in [-0.05, 0) is 61.6 Å². The van der Waals surface area contributed by atoms with Crippen molar-refractivity contribution < 1.29 is 14.3 Å². The number of anilines is 3. The number of fused-ring (bicyclic) bond motifs is 1. The van der Waals surface area contributed by atoms with Crippen molar-refractivity contribution in [1.82, 2.24) is 0 Å². The molecule has 0 aromatic heterocycles. The first kappa shape index (κ1) is 26.7. The number of halogens is 1. The molecule has 7 heteroatoms. The molecular formula is C30H36ClN3O3. The average Bonchev–Trinajstić information content (AvgIpc) is 3.16. The number of urea groups is 1. The summed E-state index contributed by atoms with van der Waals surface area (Å²) in [4.78, 5) is 20.3. The monoisotopic (exact) mass is 521 g/mol. The van der Waals surface area contributed by atoms with Crippen molar-refractivity contribution in [2.24, 2.45) is 5.92 Å². The van der Waals surface area contributed by atoms with Gasteiger partial charge in [-0.1, -0.05) is 61.8 Å². The molecule has 0 radical (unpaired) electrons. The zero-order valence-corrected chi connectivity index (χ0v) is 23.2. The quantitative estimate of drug-likeness (QED) is 0.307. The van der Waals surface area contributed by atoms with Crippen LogP contribution in [0.5, 0.6) is 11.5 Å². The van der Waals surface area contributed by atoms with Crippen molar-refractivity contribution in [1.29, 1.82) is 0 Å². The van der Waals surface area contributed by atoms with Crippen molar-refractivity contribution in [3.8, 4) is 11.5 Å². The highest BCUT2D eigenvalue weighted by molar-refractivity contribution is 6.35. The lowest BCUT2D eigenvalue weighted by atomic mass is 10.1. The van der Waals surface area contributed by atoms with Gasteiger partial charge in [0.05, 0.1) is 31.3 Å². The van der Waals surface area contributed by atoms with Crippen LogP contribution in [-0.2, 0) is 6.54 Å². The summed E-state index contributed by atoms with van der Waals surface area (Å²) in [6.07, 6.45) is 0.637. The number of aryl methyl sites for hydroxylation is 1. The zero-order valence-electron chi connectivity index (χ0n) is 22.5. The summed E-state index contributed by atoms with van der Waals surface area (Å²) in [5.74, 6) is 1.35. The van der Waals surface area contributed by atoms with E-state index in [4.69, 9.17) is 21.1 Å². The fourth-order valence-corrected chi connectivity index (χ4v) is 5.16. The van der Waals surface area contributed by atoms with E-state index in [-0.39, 0.29) is 12.2 Å². The fraction of sp³-hybridized carbons (Fsp3) is 0.367. The molecule has 6 nitrogen and oxygen atoms in total. The van der Waals surface area contributed by atoms with E-state index in [1.807, 2.05) is 29.2 Å². The lowest BCUT2D eigenvalue weighted by Crippen LogP contribution is -2.50. The average molecular weight is 522 g/mol. The Morgan fingerprint density at radius 1 is 1.00 bits per heavy atom. The van der Waals surface area contributed by atoms with Gasteiger partial charge in [-0.15, -0.1) is 0 Å². The Morgan fingerprint density at radius 2 is 1.68 bits per heavy atom. The Labute approximate surface area is 225 Å². The number of rotatable bonds is 8. The fourth-order valence-electron chi connectivity index (χ4n) is 4.83. The molecule has 0 bridgehead atoms. The molecule has 1 unspecified atom stereocenters. The van der Waals surface area contributed by atoms with Gasteiger partial charge in [0.1, 0.15) is 11.2 Å². The van der Waals surface area contributed by atoms with Gasteiger partial charge in [-0.3, -0.25) is 9.80 Å². The van der Waals surface area contributed by atoms with Gasteiger partial charge in [-0.2, -0.15) is 0 Å². The lowest BCUT2D eigenvalue weighted by molar-refractivity contribution is 0.249. The highest BCUT2D eigenvalue weighted by atomic mass is 35.5. The van der Waals surface area contributed by atoms with Crippen molar-refractivity contribution in [2.75, 3.05) is 35.5 Å². The first-order valence-corrected chi connectivity index (χ1v) is 13.1. The Bertz CT molecular complexity index is 1260. The molecule has 1 aliphatic heterocycles. The summed E-state index contributed by atoms with van der Waals surface area (Å²) >= 11 is 6.82. The van der Waals surface area contributed by atoms with E-state index in [0.717, 1.165) is 17.8 Å². The van der Waals surface area contributed by atoms with E-state index in [9.17, 15) is 4.79 Å². The van der Waals surface area contributed by atoms with E-state index >= 15 is 0 Å². The molecule has 1 atom stereocenters. The predicted octanol–water partition coefficient (Wildman–Crippen LogP) is 7.51. The Hall–Kier alpha value is -3.38. The summed E-state index contributed by atoms with van der Waals surface area (Å²) in [5.41, 5.74) is 4.99. The molecule has 3 aromatic carbocycles. The van der Waals surface area contributed by atoms with Gasteiger partial charge < -0.3 is 14.4 Å². The number of benzene rings is 3. The summed E-state index contributed by atoms with van der Waals surface area (Å²) in [6, 6.07) is 20.0. The van der Waals surface area contributed by atoms with Gasteiger partial charge in [0, 0.05) is 13.1 Å². The largest absolute Gasteiger partial charge is 0.493 e. The van der Waals surface area contributed by atoms with Crippen molar-refractivity contribution in [3.63, 3.8) is 0 Å². The minimum atomic E-state index is -0.190. The van der Waals surface area contributed by atoms with Crippen LogP contribution in [0.15, 0.2) is 60.7 Å². The number of carbonyl (C=O) groups excluding carboxylic acids is 1. The standard InChI is InChI=1S/C30H36ClN3O3/c1-20(2)17-18-32(26-15-16-27(36-5)29(37-6)28(26)31)30(35)34-22(4)33(24-13-9-10-14-25(24)34)19-23-12-8-7-11-21(23)3/h7-16,20,22H,17-19H2,1-6H3. The van der Waals surface area contributed by atoms with E-state index in [1.165, 1.54) is 11.1 Å². The van der Waals surface area contributed by atoms with E-state index in [0.29, 0.717) is 41.2 Å². The minimum Gasteiger partial charge on any atom is -0.493 e. The van der Waals surface area contributed by atoms with Crippen LogP contribution in [0.25, 0.3) is 0 Å². The highest BCUT2D eigenvalue weighted by Gasteiger charge is 2.39. The number of nitrogens with zero attached hydrogens (tertiary/aromatic N) is 3. The molecule has 0 spiro atoms. The number of para-hydroxylation sites is 2. The van der Waals surface area contributed by atoms with Crippen LogP contribution < -0.4 is 24.2 Å².